The molecule has 2 unspecified atom stereocenters. The van der Waals surface area contributed by atoms with Gasteiger partial charge in [-0.25, -0.2) is 9.68 Å². The van der Waals surface area contributed by atoms with Crippen LogP contribution in [0.15, 0.2) is 18.2 Å². The average Bonchev–Trinajstić information content (AvgIpc) is 2.50. The molecule has 2 aliphatic rings. The Kier molecular flexibility index (Phi) is 2.21. The van der Waals surface area contributed by atoms with Gasteiger partial charge in [-0.1, -0.05) is 6.07 Å². The molecule has 1 aromatic rings. The van der Waals surface area contributed by atoms with Crippen LogP contribution in [-0.4, -0.2) is 18.4 Å². The van der Waals surface area contributed by atoms with E-state index in [2.05, 4.69) is 0 Å². The molecule has 96 valence electrons. The summed E-state index contributed by atoms with van der Waals surface area (Å²) in [7, 11) is 0. The summed E-state index contributed by atoms with van der Waals surface area (Å²) >= 11 is 0. The van der Waals surface area contributed by atoms with Crippen molar-refractivity contribution < 1.29 is 24.0 Å². The van der Waals surface area contributed by atoms with Gasteiger partial charge in [0.05, 0.1) is 17.7 Å². The molecule has 0 aromatic heterocycles. The first-order valence-corrected chi connectivity index (χ1v) is 5.88. The van der Waals surface area contributed by atoms with E-state index < -0.39 is 11.4 Å². The maximum Gasteiger partial charge on any atom is 0.338 e. The van der Waals surface area contributed by atoms with Crippen molar-refractivity contribution in [2.45, 2.75) is 32.2 Å². The fourth-order valence-corrected chi connectivity index (χ4v) is 2.36. The molecule has 0 N–H and O–H groups in total. The zero-order valence-corrected chi connectivity index (χ0v) is 10.5. The van der Waals surface area contributed by atoms with Gasteiger partial charge in [-0.3, -0.25) is 0 Å². The van der Waals surface area contributed by atoms with Crippen LogP contribution in [0.3, 0.4) is 0 Å². The van der Waals surface area contributed by atoms with Crippen molar-refractivity contribution in [1.29, 1.82) is 0 Å². The molecule has 0 saturated carbocycles. The van der Waals surface area contributed by atoms with Gasteiger partial charge in [-0.15, -0.1) is 0 Å². The minimum absolute atomic E-state index is 0.328. The van der Waals surface area contributed by atoms with Crippen molar-refractivity contribution in [1.82, 2.24) is 0 Å². The quantitative estimate of drug-likeness (QED) is 0.594. The molecule has 1 aromatic carbocycles. The molecule has 0 aliphatic carbocycles. The van der Waals surface area contributed by atoms with Gasteiger partial charge in [0.15, 0.2) is 5.60 Å². The van der Waals surface area contributed by atoms with Crippen LogP contribution in [0.2, 0.25) is 0 Å². The Labute approximate surface area is 105 Å². The van der Waals surface area contributed by atoms with Crippen LogP contribution in [0.25, 0.3) is 0 Å². The number of ether oxygens (including phenoxy) is 2. The van der Waals surface area contributed by atoms with Crippen LogP contribution in [0.5, 0.6) is 5.75 Å². The number of fused-ring (bicyclic) bond motifs is 3. The Morgan fingerprint density at radius 1 is 1.33 bits per heavy atom. The second-order valence-electron chi connectivity index (χ2n) is 4.65. The van der Waals surface area contributed by atoms with Crippen molar-refractivity contribution >= 4 is 5.97 Å². The number of hydrogen-bond donors (Lipinski definition) is 0. The third-order valence-corrected chi connectivity index (χ3v) is 3.54. The lowest BCUT2D eigenvalue weighted by molar-refractivity contribution is -0.587. The average molecular weight is 250 g/mol. The van der Waals surface area contributed by atoms with Crippen LogP contribution in [0.1, 0.15) is 36.7 Å². The van der Waals surface area contributed by atoms with E-state index in [0.29, 0.717) is 23.5 Å². The molecule has 0 radical (unpaired) electrons. The highest BCUT2D eigenvalue weighted by Crippen LogP contribution is 2.58. The first kappa shape index (κ1) is 11.5. The van der Waals surface area contributed by atoms with E-state index in [4.69, 9.17) is 19.2 Å². The number of carbonyl (C=O) groups excluding carboxylic acids is 1. The standard InChI is InChI=1S/C13H14O5/c1-4-15-11(14)8-6-5-7-9-10(8)12(2)13(3,16-9)18-17-12/h5-7H,4H2,1-3H3. The van der Waals surface area contributed by atoms with Crippen LogP contribution < -0.4 is 4.74 Å². The van der Waals surface area contributed by atoms with Gasteiger partial charge >= 0.3 is 5.97 Å². The van der Waals surface area contributed by atoms with Gasteiger partial charge in [0.25, 0.3) is 5.79 Å². The Hall–Kier alpha value is -1.59. The summed E-state index contributed by atoms with van der Waals surface area (Å²) in [4.78, 5) is 22.2. The van der Waals surface area contributed by atoms with Crippen molar-refractivity contribution in [3.8, 4) is 5.75 Å². The van der Waals surface area contributed by atoms with Gasteiger partial charge in [-0.05, 0) is 26.0 Å². The maximum atomic E-state index is 12.0. The van der Waals surface area contributed by atoms with E-state index in [0.717, 1.165) is 0 Å². The van der Waals surface area contributed by atoms with E-state index in [9.17, 15) is 4.79 Å². The third kappa shape index (κ3) is 1.20. The van der Waals surface area contributed by atoms with Crippen molar-refractivity contribution in [3.63, 3.8) is 0 Å². The maximum absolute atomic E-state index is 12.0. The SMILES string of the molecule is CCOC(=O)c1cccc2c1C1(C)OOC1(C)O2. The summed E-state index contributed by atoms with van der Waals surface area (Å²) in [6, 6.07) is 5.25. The van der Waals surface area contributed by atoms with Gasteiger partial charge in [0.2, 0.25) is 0 Å². The Balaban J connectivity index is 2.12. The molecule has 2 atom stereocenters. The molecule has 18 heavy (non-hydrogen) atoms. The number of hydrogen-bond acceptors (Lipinski definition) is 5. The van der Waals surface area contributed by atoms with E-state index >= 15 is 0 Å². The normalized spacial score (nSPS) is 31.9. The molecule has 0 bridgehead atoms. The predicted molar refractivity (Wildman–Crippen MR) is 61.0 cm³/mol. The highest BCUT2D eigenvalue weighted by molar-refractivity contribution is 5.92. The highest BCUT2D eigenvalue weighted by Gasteiger charge is 2.68. The molecule has 2 heterocycles. The topological polar surface area (TPSA) is 54.0 Å². The largest absolute Gasteiger partial charge is 0.462 e. The number of carbonyl (C=O) groups is 1. The summed E-state index contributed by atoms with van der Waals surface area (Å²) in [5.74, 6) is -0.653. The molecular formula is C13H14O5. The van der Waals surface area contributed by atoms with Crippen LogP contribution in [0.4, 0.5) is 0 Å². The van der Waals surface area contributed by atoms with E-state index in [1.54, 1.807) is 32.0 Å². The first-order chi connectivity index (χ1) is 8.52. The lowest BCUT2D eigenvalue weighted by atomic mass is 9.85. The fourth-order valence-electron chi connectivity index (χ4n) is 2.36. The van der Waals surface area contributed by atoms with E-state index in [-0.39, 0.29) is 5.97 Å². The molecule has 2 aliphatic heterocycles. The van der Waals surface area contributed by atoms with Crippen LogP contribution >= 0.6 is 0 Å². The van der Waals surface area contributed by atoms with Crippen molar-refractivity contribution in [3.05, 3.63) is 29.3 Å². The lowest BCUT2D eigenvalue weighted by Gasteiger charge is -2.46. The molecule has 3 rings (SSSR count). The zero-order valence-electron chi connectivity index (χ0n) is 10.5. The van der Waals surface area contributed by atoms with Gasteiger partial charge in [-0.2, -0.15) is 4.89 Å². The number of benzene rings is 1. The van der Waals surface area contributed by atoms with Gasteiger partial charge in [0.1, 0.15) is 5.75 Å². The van der Waals surface area contributed by atoms with Gasteiger partial charge < -0.3 is 9.47 Å². The monoisotopic (exact) mass is 250 g/mol. The fraction of sp³-hybridized carbons (Fsp3) is 0.462. The molecule has 5 nitrogen and oxygen atoms in total. The van der Waals surface area contributed by atoms with E-state index in [1.165, 1.54) is 0 Å². The predicted octanol–water partition coefficient (Wildman–Crippen LogP) is 2.15. The van der Waals surface area contributed by atoms with Gasteiger partial charge in [0, 0.05) is 6.92 Å². The van der Waals surface area contributed by atoms with Crippen molar-refractivity contribution in [2.24, 2.45) is 0 Å². The minimum atomic E-state index is -0.877. The minimum Gasteiger partial charge on any atom is -0.462 e. The zero-order chi connectivity index (χ0) is 13.0. The molecule has 5 heteroatoms. The Morgan fingerprint density at radius 3 is 2.72 bits per heavy atom. The molecular weight excluding hydrogens is 236 g/mol. The summed E-state index contributed by atoms with van der Waals surface area (Å²) < 4.78 is 10.8. The van der Waals surface area contributed by atoms with Crippen LogP contribution in [-0.2, 0) is 20.1 Å². The van der Waals surface area contributed by atoms with Crippen molar-refractivity contribution in [2.75, 3.05) is 6.61 Å². The summed E-state index contributed by atoms with van der Waals surface area (Å²) in [5, 5.41) is 0. The Morgan fingerprint density at radius 2 is 2.11 bits per heavy atom. The second-order valence-corrected chi connectivity index (χ2v) is 4.65. The highest BCUT2D eigenvalue weighted by atomic mass is 17.3. The third-order valence-electron chi connectivity index (χ3n) is 3.54. The molecule has 0 spiro atoms. The number of esters is 1. The van der Waals surface area contributed by atoms with Crippen LogP contribution in [0, 0.1) is 0 Å². The summed E-state index contributed by atoms with van der Waals surface area (Å²) in [6.07, 6.45) is 0. The molecule has 0 amide bonds. The van der Waals surface area contributed by atoms with E-state index in [1.807, 2.05) is 6.92 Å². The smallest absolute Gasteiger partial charge is 0.338 e. The summed E-state index contributed by atoms with van der Waals surface area (Å²) in [5.41, 5.74) is 0.382. The second kappa shape index (κ2) is 3.46. The first-order valence-electron chi connectivity index (χ1n) is 5.88. The lowest BCUT2D eigenvalue weighted by Crippen LogP contribution is -2.61. The summed E-state index contributed by atoms with van der Waals surface area (Å²) in [6.45, 7) is 5.72. The Bertz CT molecular complexity index is 526. The molecule has 1 saturated heterocycles. The molecule has 1 fully saturated rings. The number of rotatable bonds is 2.